The molecule has 0 spiro atoms. The molecule has 0 bridgehead atoms. The molecule has 7 nitrogen and oxygen atoms in total. The molecule has 4 N–H and O–H groups in total. The number of hydrogen-bond donors (Lipinski definition) is 3. The number of aromatic nitrogens is 4. The van der Waals surface area contributed by atoms with Crippen molar-refractivity contribution >= 4 is 11.6 Å². The largest absolute Gasteiger partial charge is 0.389 e. The van der Waals surface area contributed by atoms with Gasteiger partial charge < -0.3 is 15.9 Å². The van der Waals surface area contributed by atoms with Crippen LogP contribution in [0.1, 0.15) is 11.7 Å². The molecule has 0 saturated carbocycles. The first-order valence-electron chi connectivity index (χ1n) is 5.22. The summed E-state index contributed by atoms with van der Waals surface area (Å²) in [5.41, 5.74) is 5.72. The highest BCUT2D eigenvalue weighted by molar-refractivity contribution is 6.29. The Hall–Kier alpha value is -1.54. The Morgan fingerprint density at radius 3 is 2.72 bits per heavy atom. The van der Waals surface area contributed by atoms with E-state index < -0.39 is 12.2 Å². The fraction of sp³-hybridized carbons (Fsp3) is 0.300. The Labute approximate surface area is 108 Å². The van der Waals surface area contributed by atoms with Crippen molar-refractivity contribution in [1.29, 1.82) is 0 Å². The molecule has 0 aliphatic rings. The van der Waals surface area contributed by atoms with Crippen LogP contribution in [0, 0.1) is 0 Å². The first-order chi connectivity index (χ1) is 8.61. The van der Waals surface area contributed by atoms with Gasteiger partial charge in [-0.2, -0.15) is 5.10 Å². The van der Waals surface area contributed by atoms with Crippen molar-refractivity contribution < 1.29 is 10.2 Å². The zero-order chi connectivity index (χ0) is 13.1. The van der Waals surface area contributed by atoms with Crippen LogP contribution >= 0.6 is 11.6 Å². The maximum absolute atomic E-state index is 9.75. The summed E-state index contributed by atoms with van der Waals surface area (Å²) in [5, 5.41) is 31.0. The highest BCUT2D eigenvalue weighted by Gasteiger charge is 2.18. The second-order valence-electron chi connectivity index (χ2n) is 3.68. The monoisotopic (exact) mass is 269 g/mol. The standard InChI is InChI=1S/C10H12ClN5O2/c11-8-1-2-9(15-14-8)16-5-6(4-13-16)10(18)7(17)3-12/h1-2,4-5,7,10,17-18H,3,12H2. The van der Waals surface area contributed by atoms with Gasteiger partial charge in [0.05, 0.1) is 12.3 Å². The SMILES string of the molecule is NCC(O)C(O)c1cnn(-c2ccc(Cl)nn2)c1. The van der Waals surface area contributed by atoms with Crippen molar-refractivity contribution in [3.8, 4) is 5.82 Å². The van der Waals surface area contributed by atoms with E-state index in [2.05, 4.69) is 15.3 Å². The quantitative estimate of drug-likeness (QED) is 0.701. The van der Waals surface area contributed by atoms with E-state index in [0.717, 1.165) is 0 Å². The predicted molar refractivity (Wildman–Crippen MR) is 64.2 cm³/mol. The first-order valence-corrected chi connectivity index (χ1v) is 5.60. The van der Waals surface area contributed by atoms with Gasteiger partial charge in [0.2, 0.25) is 0 Å². The van der Waals surface area contributed by atoms with E-state index in [0.29, 0.717) is 11.4 Å². The first kappa shape index (κ1) is 12.9. The number of aliphatic hydroxyl groups excluding tert-OH is 2. The van der Waals surface area contributed by atoms with Crippen molar-refractivity contribution in [2.24, 2.45) is 5.73 Å². The minimum absolute atomic E-state index is 0.0346. The molecule has 2 aromatic rings. The zero-order valence-corrected chi connectivity index (χ0v) is 10.1. The summed E-state index contributed by atoms with van der Waals surface area (Å²) < 4.78 is 1.42. The van der Waals surface area contributed by atoms with E-state index in [-0.39, 0.29) is 11.7 Å². The topological polar surface area (TPSA) is 110 Å². The average molecular weight is 270 g/mol. The van der Waals surface area contributed by atoms with E-state index in [1.165, 1.54) is 10.9 Å². The molecule has 0 aliphatic carbocycles. The van der Waals surface area contributed by atoms with E-state index in [1.807, 2.05) is 0 Å². The lowest BCUT2D eigenvalue weighted by Crippen LogP contribution is -2.26. The van der Waals surface area contributed by atoms with E-state index in [4.69, 9.17) is 17.3 Å². The average Bonchev–Trinajstić information content (AvgIpc) is 2.87. The molecule has 2 unspecified atom stereocenters. The van der Waals surface area contributed by atoms with Crippen molar-refractivity contribution in [2.45, 2.75) is 12.2 Å². The van der Waals surface area contributed by atoms with Gasteiger partial charge >= 0.3 is 0 Å². The summed E-state index contributed by atoms with van der Waals surface area (Å²) in [6.07, 6.45) is 0.865. The van der Waals surface area contributed by atoms with Gasteiger partial charge in [0.25, 0.3) is 0 Å². The molecule has 0 radical (unpaired) electrons. The van der Waals surface area contributed by atoms with E-state index in [9.17, 15) is 10.2 Å². The molecule has 96 valence electrons. The van der Waals surface area contributed by atoms with Crippen molar-refractivity contribution in [3.05, 3.63) is 35.2 Å². The normalized spacial score (nSPS) is 14.4. The summed E-state index contributed by atoms with van der Waals surface area (Å²) in [4.78, 5) is 0. The third kappa shape index (κ3) is 2.65. The highest BCUT2D eigenvalue weighted by atomic mass is 35.5. The Balaban J connectivity index is 2.22. The molecule has 8 heteroatoms. The van der Waals surface area contributed by atoms with Gasteiger partial charge in [-0.15, -0.1) is 10.2 Å². The van der Waals surface area contributed by atoms with Gasteiger partial charge in [0, 0.05) is 18.3 Å². The van der Waals surface area contributed by atoms with Crippen LogP contribution in [0.15, 0.2) is 24.5 Å². The van der Waals surface area contributed by atoms with Crippen LogP contribution in [-0.2, 0) is 0 Å². The number of aliphatic hydroxyl groups is 2. The summed E-state index contributed by atoms with van der Waals surface area (Å²) in [6, 6.07) is 3.22. The fourth-order valence-electron chi connectivity index (χ4n) is 1.40. The fourth-order valence-corrected chi connectivity index (χ4v) is 1.50. The molecule has 2 atom stereocenters. The Kier molecular flexibility index (Phi) is 3.87. The van der Waals surface area contributed by atoms with Gasteiger partial charge in [0.15, 0.2) is 11.0 Å². The van der Waals surface area contributed by atoms with Gasteiger partial charge in [-0.1, -0.05) is 11.6 Å². The number of nitrogens with two attached hydrogens (primary N) is 1. The lowest BCUT2D eigenvalue weighted by Gasteiger charge is -2.13. The van der Waals surface area contributed by atoms with Crippen molar-refractivity contribution in [2.75, 3.05) is 6.54 Å². The van der Waals surface area contributed by atoms with Crippen LogP contribution in [0.4, 0.5) is 0 Å². The van der Waals surface area contributed by atoms with Crippen LogP contribution in [0.5, 0.6) is 0 Å². The lowest BCUT2D eigenvalue weighted by atomic mass is 10.1. The van der Waals surface area contributed by atoms with Gasteiger partial charge in [-0.3, -0.25) is 0 Å². The third-order valence-electron chi connectivity index (χ3n) is 2.40. The summed E-state index contributed by atoms with van der Waals surface area (Å²) >= 11 is 5.62. The van der Waals surface area contributed by atoms with Crippen LogP contribution in [0.3, 0.4) is 0 Å². The highest BCUT2D eigenvalue weighted by Crippen LogP contribution is 2.17. The maximum Gasteiger partial charge on any atom is 0.175 e. The minimum atomic E-state index is -1.08. The van der Waals surface area contributed by atoms with E-state index >= 15 is 0 Å². The second-order valence-corrected chi connectivity index (χ2v) is 4.07. The van der Waals surface area contributed by atoms with Crippen LogP contribution < -0.4 is 5.73 Å². The number of rotatable bonds is 4. The third-order valence-corrected chi connectivity index (χ3v) is 2.60. The van der Waals surface area contributed by atoms with Gasteiger partial charge in [-0.05, 0) is 12.1 Å². The second kappa shape index (κ2) is 5.40. The molecule has 0 amide bonds. The molecule has 0 aliphatic heterocycles. The molecule has 2 rings (SSSR count). The van der Waals surface area contributed by atoms with Crippen molar-refractivity contribution in [3.63, 3.8) is 0 Å². The van der Waals surface area contributed by atoms with Crippen LogP contribution in [-0.4, -0.2) is 42.8 Å². The molecular formula is C10H12ClN5O2. The van der Waals surface area contributed by atoms with E-state index in [1.54, 1.807) is 18.3 Å². The Morgan fingerprint density at radius 1 is 1.33 bits per heavy atom. The molecule has 0 fully saturated rings. The molecule has 2 aromatic heterocycles. The molecule has 2 heterocycles. The smallest absolute Gasteiger partial charge is 0.175 e. The summed E-state index contributed by atoms with van der Waals surface area (Å²) in [7, 11) is 0. The predicted octanol–water partition coefficient (Wildman–Crippen LogP) is -0.331. The van der Waals surface area contributed by atoms with Crippen LogP contribution in [0.2, 0.25) is 5.15 Å². The van der Waals surface area contributed by atoms with Gasteiger partial charge in [-0.25, -0.2) is 4.68 Å². The lowest BCUT2D eigenvalue weighted by molar-refractivity contribution is 0.0243. The number of halogens is 1. The zero-order valence-electron chi connectivity index (χ0n) is 9.31. The number of nitrogens with zero attached hydrogens (tertiary/aromatic N) is 4. The maximum atomic E-state index is 9.75. The molecule has 18 heavy (non-hydrogen) atoms. The minimum Gasteiger partial charge on any atom is -0.389 e. The summed E-state index contributed by atoms with van der Waals surface area (Å²) in [5.74, 6) is 0.458. The number of hydrogen-bond acceptors (Lipinski definition) is 6. The van der Waals surface area contributed by atoms with Gasteiger partial charge in [0.1, 0.15) is 6.10 Å². The molecular weight excluding hydrogens is 258 g/mol. The Morgan fingerprint density at radius 2 is 2.11 bits per heavy atom. The molecule has 0 aromatic carbocycles. The van der Waals surface area contributed by atoms with Crippen LogP contribution in [0.25, 0.3) is 5.82 Å². The van der Waals surface area contributed by atoms with Crippen molar-refractivity contribution in [1.82, 2.24) is 20.0 Å². The Bertz CT molecular complexity index is 515. The molecule has 0 saturated heterocycles. The summed E-state index contributed by atoms with van der Waals surface area (Å²) in [6.45, 7) is -0.0346.